The van der Waals surface area contributed by atoms with Crippen LogP contribution in [-0.4, -0.2) is 24.4 Å². The van der Waals surface area contributed by atoms with Crippen molar-refractivity contribution in [3.63, 3.8) is 0 Å². The van der Waals surface area contributed by atoms with E-state index in [4.69, 9.17) is 9.47 Å². The van der Waals surface area contributed by atoms with Gasteiger partial charge in [-0.1, -0.05) is 49.4 Å². The number of carbonyl (C=O) groups is 1. The van der Waals surface area contributed by atoms with Crippen LogP contribution in [0.25, 0.3) is 0 Å². The third kappa shape index (κ3) is 6.56. The Hall–Kier alpha value is -1.78. The van der Waals surface area contributed by atoms with Gasteiger partial charge in [0.25, 0.3) is 0 Å². The molecule has 0 spiro atoms. The minimum atomic E-state index is -0.213. The van der Waals surface area contributed by atoms with E-state index in [1.165, 1.54) is 11.1 Å². The number of hydrogen-bond donors (Lipinski definition) is 0. The van der Waals surface area contributed by atoms with Crippen molar-refractivity contribution >= 4 is 17.7 Å². The van der Waals surface area contributed by atoms with Gasteiger partial charge in [-0.15, -0.1) is 11.8 Å². The van der Waals surface area contributed by atoms with Gasteiger partial charge in [0, 0.05) is 24.0 Å². The molecule has 0 radical (unpaired) electrons. The molecule has 0 fully saturated rings. The van der Waals surface area contributed by atoms with Crippen molar-refractivity contribution in [2.45, 2.75) is 37.2 Å². The summed E-state index contributed by atoms with van der Waals surface area (Å²) in [5.74, 6) is 1.34. The highest BCUT2D eigenvalue weighted by Crippen LogP contribution is 2.32. The fraction of sp³-hybridized carbons (Fsp3) is 0.381. The zero-order chi connectivity index (χ0) is 18.1. The lowest BCUT2D eigenvalue weighted by Gasteiger charge is -2.28. The smallest absolute Gasteiger partial charge is 0.310 e. The molecule has 2 rings (SSSR count). The Morgan fingerprint density at radius 2 is 1.72 bits per heavy atom. The van der Waals surface area contributed by atoms with Crippen LogP contribution in [0.15, 0.2) is 54.6 Å². The highest BCUT2D eigenvalue weighted by atomic mass is 32.2. The van der Waals surface area contributed by atoms with Crippen LogP contribution in [0, 0.1) is 0 Å². The van der Waals surface area contributed by atoms with Crippen LogP contribution >= 0.6 is 11.8 Å². The molecular weight excluding hydrogens is 332 g/mol. The molecule has 0 amide bonds. The molecule has 2 aromatic rings. The summed E-state index contributed by atoms with van der Waals surface area (Å²) < 4.78 is 10.7. The van der Waals surface area contributed by atoms with E-state index in [2.05, 4.69) is 31.2 Å². The number of ether oxygens (including phenoxy) is 2. The van der Waals surface area contributed by atoms with Crippen molar-refractivity contribution in [3.8, 4) is 5.75 Å². The highest BCUT2D eigenvalue weighted by Gasteiger charge is 2.25. The molecule has 0 aliphatic rings. The highest BCUT2D eigenvalue weighted by molar-refractivity contribution is 7.99. The molecule has 0 aliphatic heterocycles. The van der Waals surface area contributed by atoms with Gasteiger partial charge in [0.1, 0.15) is 5.75 Å². The Morgan fingerprint density at radius 1 is 1.04 bits per heavy atom. The van der Waals surface area contributed by atoms with E-state index in [-0.39, 0.29) is 10.7 Å². The Morgan fingerprint density at radius 3 is 2.32 bits per heavy atom. The van der Waals surface area contributed by atoms with Crippen molar-refractivity contribution < 1.29 is 14.3 Å². The van der Waals surface area contributed by atoms with Crippen molar-refractivity contribution in [2.24, 2.45) is 0 Å². The number of methoxy groups -OCH3 is 1. The maximum atomic E-state index is 11.4. The SMILES string of the molecule is CCC(=O)Oc1ccc(CC(C)(COC)SCc2ccccc2)cc1. The minimum absolute atomic E-state index is 0.0216. The van der Waals surface area contributed by atoms with Crippen molar-refractivity contribution in [1.29, 1.82) is 0 Å². The number of rotatable bonds is 9. The Bertz CT molecular complexity index is 655. The summed E-state index contributed by atoms with van der Waals surface area (Å²) in [6, 6.07) is 18.2. The summed E-state index contributed by atoms with van der Waals surface area (Å²) in [6.07, 6.45) is 1.27. The third-order valence-electron chi connectivity index (χ3n) is 3.90. The monoisotopic (exact) mass is 358 g/mol. The van der Waals surface area contributed by atoms with Gasteiger partial charge in [-0.25, -0.2) is 0 Å². The van der Waals surface area contributed by atoms with E-state index in [1.807, 2.05) is 42.1 Å². The molecule has 1 unspecified atom stereocenters. The molecule has 0 aromatic heterocycles. The fourth-order valence-electron chi connectivity index (χ4n) is 2.59. The van der Waals surface area contributed by atoms with Crippen LogP contribution < -0.4 is 4.74 Å². The number of esters is 1. The van der Waals surface area contributed by atoms with E-state index < -0.39 is 0 Å². The van der Waals surface area contributed by atoms with Crippen molar-refractivity contribution in [1.82, 2.24) is 0 Å². The van der Waals surface area contributed by atoms with Crippen LogP contribution in [0.4, 0.5) is 0 Å². The lowest BCUT2D eigenvalue weighted by molar-refractivity contribution is -0.134. The van der Waals surface area contributed by atoms with Crippen LogP contribution in [0.5, 0.6) is 5.75 Å². The molecule has 2 aromatic carbocycles. The van der Waals surface area contributed by atoms with Gasteiger partial charge in [0.15, 0.2) is 0 Å². The quantitative estimate of drug-likeness (QED) is 0.473. The van der Waals surface area contributed by atoms with Crippen LogP contribution in [0.1, 0.15) is 31.4 Å². The molecule has 0 heterocycles. The zero-order valence-corrected chi connectivity index (χ0v) is 16.0. The molecule has 134 valence electrons. The maximum absolute atomic E-state index is 11.4. The molecule has 3 nitrogen and oxygen atoms in total. The predicted molar refractivity (Wildman–Crippen MR) is 104 cm³/mol. The molecule has 0 saturated carbocycles. The molecule has 4 heteroatoms. The van der Waals surface area contributed by atoms with Crippen molar-refractivity contribution in [3.05, 3.63) is 65.7 Å². The molecule has 1 atom stereocenters. The molecule has 0 aliphatic carbocycles. The second-order valence-corrected chi connectivity index (χ2v) is 7.87. The number of hydrogen-bond acceptors (Lipinski definition) is 4. The largest absolute Gasteiger partial charge is 0.427 e. The fourth-order valence-corrected chi connectivity index (χ4v) is 3.77. The number of benzene rings is 2. The summed E-state index contributed by atoms with van der Waals surface area (Å²) in [4.78, 5) is 11.4. The Labute approximate surface area is 154 Å². The number of thioether (sulfide) groups is 1. The van der Waals surface area contributed by atoms with E-state index in [9.17, 15) is 4.79 Å². The summed E-state index contributed by atoms with van der Waals surface area (Å²) in [5.41, 5.74) is 2.52. The molecule has 0 bridgehead atoms. The summed E-state index contributed by atoms with van der Waals surface area (Å²) in [6.45, 7) is 4.70. The predicted octanol–water partition coefficient (Wildman–Crippen LogP) is 4.88. The summed E-state index contributed by atoms with van der Waals surface area (Å²) >= 11 is 1.90. The average molecular weight is 359 g/mol. The summed E-state index contributed by atoms with van der Waals surface area (Å²) in [7, 11) is 1.74. The molecule has 25 heavy (non-hydrogen) atoms. The van der Waals surface area contributed by atoms with Crippen LogP contribution in [0.3, 0.4) is 0 Å². The normalized spacial score (nSPS) is 13.2. The first-order chi connectivity index (χ1) is 12.0. The van der Waals surface area contributed by atoms with Crippen molar-refractivity contribution in [2.75, 3.05) is 13.7 Å². The molecule has 0 saturated heterocycles. The Kier molecular flexibility index (Phi) is 7.53. The first-order valence-corrected chi connectivity index (χ1v) is 9.49. The van der Waals surface area contributed by atoms with Gasteiger partial charge in [-0.2, -0.15) is 0 Å². The second kappa shape index (κ2) is 9.64. The first kappa shape index (κ1) is 19.5. The molecule has 0 N–H and O–H groups in total. The van der Waals surface area contributed by atoms with E-state index in [1.54, 1.807) is 14.0 Å². The number of carbonyl (C=O) groups excluding carboxylic acids is 1. The van der Waals surface area contributed by atoms with Gasteiger partial charge in [-0.3, -0.25) is 4.79 Å². The van der Waals surface area contributed by atoms with E-state index in [0.29, 0.717) is 18.8 Å². The minimum Gasteiger partial charge on any atom is -0.427 e. The van der Waals surface area contributed by atoms with Gasteiger partial charge in [0.05, 0.1) is 6.61 Å². The lowest BCUT2D eigenvalue weighted by atomic mass is 10.0. The van der Waals surface area contributed by atoms with Gasteiger partial charge < -0.3 is 9.47 Å². The van der Waals surface area contributed by atoms with Gasteiger partial charge in [0.2, 0.25) is 0 Å². The standard InChI is InChI=1S/C21H26O3S/c1-4-20(22)24-19-12-10-17(11-13-19)14-21(2,16-23-3)25-15-18-8-6-5-7-9-18/h5-13H,4,14-16H2,1-3H3. The topological polar surface area (TPSA) is 35.5 Å². The van der Waals surface area contributed by atoms with Crippen LogP contribution in [-0.2, 0) is 21.7 Å². The first-order valence-electron chi connectivity index (χ1n) is 8.51. The summed E-state index contributed by atoms with van der Waals surface area (Å²) in [5, 5.41) is 0. The van der Waals surface area contributed by atoms with Gasteiger partial charge in [-0.05, 0) is 36.6 Å². The van der Waals surface area contributed by atoms with E-state index >= 15 is 0 Å². The van der Waals surface area contributed by atoms with Gasteiger partial charge >= 0.3 is 5.97 Å². The van der Waals surface area contributed by atoms with E-state index in [0.717, 1.165) is 12.2 Å². The second-order valence-electron chi connectivity index (χ2n) is 6.31. The van der Waals surface area contributed by atoms with Crippen LogP contribution in [0.2, 0.25) is 0 Å². The Balaban J connectivity index is 2.00. The molecular formula is C21H26O3S. The zero-order valence-electron chi connectivity index (χ0n) is 15.2. The third-order valence-corrected chi connectivity index (χ3v) is 5.34. The maximum Gasteiger partial charge on any atom is 0.310 e. The average Bonchev–Trinajstić information content (AvgIpc) is 2.63. The lowest BCUT2D eigenvalue weighted by Crippen LogP contribution is -2.29.